The van der Waals surface area contributed by atoms with Crippen LogP contribution in [-0.2, 0) is 0 Å². The van der Waals surface area contributed by atoms with Gasteiger partial charge in [-0.05, 0) is 59.3 Å². The summed E-state index contributed by atoms with van der Waals surface area (Å²) in [5.74, 6) is 0. The van der Waals surface area contributed by atoms with Crippen LogP contribution in [0.3, 0.4) is 0 Å². The van der Waals surface area contributed by atoms with E-state index in [4.69, 9.17) is 0 Å². The predicted molar refractivity (Wildman–Crippen MR) is 100 cm³/mol. The lowest BCUT2D eigenvalue weighted by molar-refractivity contribution is 1.10. The van der Waals surface area contributed by atoms with Crippen molar-refractivity contribution < 1.29 is 0 Å². The molecule has 0 aliphatic carbocycles. The highest BCUT2D eigenvalue weighted by molar-refractivity contribution is 5.83. The maximum Gasteiger partial charge on any atom is 0.0528 e. The molecule has 24 heavy (non-hydrogen) atoms. The van der Waals surface area contributed by atoms with Crippen LogP contribution in [0.25, 0.3) is 33.2 Å². The summed E-state index contributed by atoms with van der Waals surface area (Å²) >= 11 is 0. The summed E-state index contributed by atoms with van der Waals surface area (Å²) in [7, 11) is 0. The summed E-state index contributed by atoms with van der Waals surface area (Å²) in [6.07, 6.45) is 4.26. The van der Waals surface area contributed by atoms with E-state index in [1.54, 1.807) is 0 Å². The zero-order chi connectivity index (χ0) is 15.9. The van der Waals surface area contributed by atoms with Crippen LogP contribution in [0.4, 0.5) is 0 Å². The number of benzene rings is 3. The molecule has 2 aromatic heterocycles. The van der Waals surface area contributed by atoms with Crippen molar-refractivity contribution in [2.24, 2.45) is 0 Å². The van der Waals surface area contributed by atoms with Crippen molar-refractivity contribution in [3.8, 4) is 11.4 Å². The largest absolute Gasteiger partial charge is 0.317 e. The molecule has 0 radical (unpaired) electrons. The molecule has 0 spiro atoms. The second kappa shape index (κ2) is 5.14. The van der Waals surface area contributed by atoms with Gasteiger partial charge in [0.05, 0.1) is 11.0 Å². The summed E-state index contributed by atoms with van der Waals surface area (Å²) in [5.41, 5.74) is 4.82. The molecule has 2 nitrogen and oxygen atoms in total. The van der Waals surface area contributed by atoms with Crippen LogP contribution >= 0.6 is 0 Å². The molecule has 0 bridgehead atoms. The molecule has 0 fully saturated rings. The average molecular weight is 308 g/mol. The van der Waals surface area contributed by atoms with Crippen molar-refractivity contribution in [2.45, 2.75) is 0 Å². The molecule has 0 saturated carbocycles. The molecule has 0 saturated heterocycles. The Kier molecular flexibility index (Phi) is 2.83. The summed E-state index contributed by atoms with van der Waals surface area (Å²) in [6.45, 7) is 0. The third-order valence-electron chi connectivity index (χ3n) is 4.60. The maximum absolute atomic E-state index is 2.23. The quantitative estimate of drug-likeness (QED) is 0.403. The number of nitrogens with zero attached hydrogens (tertiary/aromatic N) is 2. The van der Waals surface area contributed by atoms with Crippen LogP contribution in [0.5, 0.6) is 0 Å². The van der Waals surface area contributed by atoms with Crippen LogP contribution in [0.2, 0.25) is 0 Å². The standard InChI is InChI=1S/C22H16N2/c1-3-7-21-17(5-1)13-15-23(21)19-9-11-20(12-10-19)24-16-14-18-6-2-4-8-22(18)24/h1-16H. The normalized spacial score (nSPS) is 11.3. The summed E-state index contributed by atoms with van der Waals surface area (Å²) in [5, 5.41) is 2.52. The van der Waals surface area contributed by atoms with Gasteiger partial charge in [-0.25, -0.2) is 0 Å². The van der Waals surface area contributed by atoms with Gasteiger partial charge in [0.2, 0.25) is 0 Å². The first-order valence-corrected chi connectivity index (χ1v) is 8.13. The van der Waals surface area contributed by atoms with Crippen LogP contribution in [0.1, 0.15) is 0 Å². The minimum Gasteiger partial charge on any atom is -0.317 e. The van der Waals surface area contributed by atoms with Gasteiger partial charge >= 0.3 is 0 Å². The molecule has 0 amide bonds. The lowest BCUT2D eigenvalue weighted by atomic mass is 10.2. The zero-order valence-corrected chi connectivity index (χ0v) is 13.1. The molecule has 0 aliphatic heterocycles. The van der Waals surface area contributed by atoms with Crippen LogP contribution < -0.4 is 0 Å². The van der Waals surface area contributed by atoms with E-state index in [1.165, 1.54) is 33.2 Å². The summed E-state index contributed by atoms with van der Waals surface area (Å²) < 4.78 is 4.46. The Labute approximate surface area is 140 Å². The van der Waals surface area contributed by atoms with Crippen molar-refractivity contribution in [2.75, 3.05) is 0 Å². The second-order valence-corrected chi connectivity index (χ2v) is 6.01. The minimum atomic E-state index is 1.18. The van der Waals surface area contributed by atoms with Crippen molar-refractivity contribution in [1.29, 1.82) is 0 Å². The smallest absolute Gasteiger partial charge is 0.0528 e. The summed E-state index contributed by atoms with van der Waals surface area (Å²) in [6, 6.07) is 29.9. The number of para-hydroxylation sites is 2. The van der Waals surface area contributed by atoms with Gasteiger partial charge in [0.15, 0.2) is 0 Å². The molecule has 0 unspecified atom stereocenters. The molecule has 2 heterocycles. The average Bonchev–Trinajstić information content (AvgIpc) is 3.26. The number of fused-ring (bicyclic) bond motifs is 2. The minimum absolute atomic E-state index is 1.18. The Morgan fingerprint density at radius 2 is 0.833 bits per heavy atom. The van der Waals surface area contributed by atoms with E-state index in [0.29, 0.717) is 0 Å². The molecular formula is C22H16N2. The first-order chi connectivity index (χ1) is 11.9. The number of hydrogen-bond acceptors (Lipinski definition) is 0. The Bertz CT molecular complexity index is 1050. The van der Waals surface area contributed by atoms with Gasteiger partial charge in [-0.1, -0.05) is 36.4 Å². The predicted octanol–water partition coefficient (Wildman–Crippen LogP) is 5.57. The van der Waals surface area contributed by atoms with E-state index in [1.807, 2.05) is 0 Å². The van der Waals surface area contributed by atoms with Crippen molar-refractivity contribution >= 4 is 21.8 Å². The first kappa shape index (κ1) is 13.2. The SMILES string of the molecule is c1ccc2c(c1)ccn2-c1ccc(-n2ccc3ccccc32)cc1. The molecule has 5 aromatic rings. The summed E-state index contributed by atoms with van der Waals surface area (Å²) in [4.78, 5) is 0. The van der Waals surface area contributed by atoms with Gasteiger partial charge < -0.3 is 9.13 Å². The molecule has 0 N–H and O–H groups in total. The van der Waals surface area contributed by atoms with Gasteiger partial charge in [-0.2, -0.15) is 0 Å². The fourth-order valence-corrected chi connectivity index (χ4v) is 3.39. The van der Waals surface area contributed by atoms with Gasteiger partial charge in [-0.3, -0.25) is 0 Å². The molecule has 3 aromatic carbocycles. The van der Waals surface area contributed by atoms with Crippen LogP contribution in [0.15, 0.2) is 97.3 Å². The Hall–Kier alpha value is -3.26. The maximum atomic E-state index is 2.23. The van der Waals surface area contributed by atoms with Gasteiger partial charge in [-0.15, -0.1) is 0 Å². The van der Waals surface area contributed by atoms with Crippen molar-refractivity contribution in [1.82, 2.24) is 9.13 Å². The highest BCUT2D eigenvalue weighted by Gasteiger charge is 2.05. The third kappa shape index (κ3) is 1.97. The first-order valence-electron chi connectivity index (χ1n) is 8.13. The number of aromatic nitrogens is 2. The zero-order valence-electron chi connectivity index (χ0n) is 13.1. The fourth-order valence-electron chi connectivity index (χ4n) is 3.39. The topological polar surface area (TPSA) is 9.86 Å². The number of hydrogen-bond donors (Lipinski definition) is 0. The van der Waals surface area contributed by atoms with Crippen LogP contribution in [0, 0.1) is 0 Å². The molecular weight excluding hydrogens is 292 g/mol. The molecule has 5 rings (SSSR count). The highest BCUT2D eigenvalue weighted by atomic mass is 15.0. The highest BCUT2D eigenvalue weighted by Crippen LogP contribution is 2.23. The molecule has 0 atom stereocenters. The molecule has 2 heteroatoms. The van der Waals surface area contributed by atoms with Crippen molar-refractivity contribution in [3.63, 3.8) is 0 Å². The van der Waals surface area contributed by atoms with E-state index in [-0.39, 0.29) is 0 Å². The monoisotopic (exact) mass is 308 g/mol. The molecule has 114 valence electrons. The second-order valence-electron chi connectivity index (χ2n) is 6.01. The van der Waals surface area contributed by atoms with E-state index < -0.39 is 0 Å². The van der Waals surface area contributed by atoms with Crippen molar-refractivity contribution in [3.05, 3.63) is 97.3 Å². The third-order valence-corrected chi connectivity index (χ3v) is 4.60. The van der Waals surface area contributed by atoms with E-state index in [2.05, 4.69) is 106 Å². The lowest BCUT2D eigenvalue weighted by Crippen LogP contribution is -1.95. The fraction of sp³-hybridized carbons (Fsp3) is 0. The lowest BCUT2D eigenvalue weighted by Gasteiger charge is -2.09. The van der Waals surface area contributed by atoms with E-state index in [0.717, 1.165) is 0 Å². The Morgan fingerprint density at radius 3 is 1.29 bits per heavy atom. The van der Waals surface area contributed by atoms with E-state index >= 15 is 0 Å². The van der Waals surface area contributed by atoms with Gasteiger partial charge in [0.25, 0.3) is 0 Å². The van der Waals surface area contributed by atoms with Gasteiger partial charge in [0, 0.05) is 23.8 Å². The van der Waals surface area contributed by atoms with Gasteiger partial charge in [0.1, 0.15) is 0 Å². The molecule has 0 aliphatic rings. The van der Waals surface area contributed by atoms with Crippen LogP contribution in [-0.4, -0.2) is 9.13 Å². The Morgan fingerprint density at radius 1 is 0.417 bits per heavy atom. The van der Waals surface area contributed by atoms with E-state index in [9.17, 15) is 0 Å². The Balaban J connectivity index is 1.60. The number of rotatable bonds is 2.